The molecule has 2 aromatic rings. The van der Waals surface area contributed by atoms with E-state index in [9.17, 15) is 9.18 Å². The van der Waals surface area contributed by atoms with Crippen molar-refractivity contribution in [2.75, 3.05) is 11.5 Å². The van der Waals surface area contributed by atoms with Crippen molar-refractivity contribution in [1.29, 1.82) is 0 Å². The summed E-state index contributed by atoms with van der Waals surface area (Å²) in [5.41, 5.74) is 12.8. The van der Waals surface area contributed by atoms with Gasteiger partial charge in [0.1, 0.15) is 5.82 Å². The van der Waals surface area contributed by atoms with Crippen molar-refractivity contribution in [2.45, 2.75) is 0 Å². The predicted octanol–water partition coefficient (Wildman–Crippen LogP) is 2.98. The van der Waals surface area contributed by atoms with Crippen molar-refractivity contribution in [1.82, 2.24) is 0 Å². The lowest BCUT2D eigenvalue weighted by Gasteiger charge is -2.06. The van der Waals surface area contributed by atoms with Gasteiger partial charge in [0.05, 0.1) is 4.47 Å². The van der Waals surface area contributed by atoms with E-state index in [0.717, 1.165) is 0 Å². The molecule has 0 bridgehead atoms. The molecular formula is C13H10BrFN2O. The number of benzene rings is 2. The van der Waals surface area contributed by atoms with Gasteiger partial charge in [-0.15, -0.1) is 0 Å². The summed E-state index contributed by atoms with van der Waals surface area (Å²) in [6.07, 6.45) is 0. The van der Waals surface area contributed by atoms with Gasteiger partial charge >= 0.3 is 0 Å². The van der Waals surface area contributed by atoms with Crippen LogP contribution in [0.2, 0.25) is 0 Å². The minimum absolute atomic E-state index is 0.238. The van der Waals surface area contributed by atoms with E-state index >= 15 is 0 Å². The van der Waals surface area contributed by atoms with Crippen LogP contribution in [0.3, 0.4) is 0 Å². The summed E-state index contributed by atoms with van der Waals surface area (Å²) >= 11 is 3.04. The molecule has 0 heterocycles. The molecular weight excluding hydrogens is 299 g/mol. The number of rotatable bonds is 2. The first-order chi connectivity index (χ1) is 8.49. The Hall–Kier alpha value is -1.88. The number of hydrogen-bond donors (Lipinski definition) is 2. The van der Waals surface area contributed by atoms with Crippen molar-refractivity contribution in [3.05, 3.63) is 57.8 Å². The number of carbonyl (C=O) groups is 1. The number of nitrogen functional groups attached to an aromatic ring is 2. The SMILES string of the molecule is Nc1ccc(C(=O)c2ccc(F)c(Br)c2)c(N)c1. The molecule has 0 saturated carbocycles. The molecule has 0 aliphatic heterocycles. The lowest BCUT2D eigenvalue weighted by molar-refractivity contribution is 0.103. The Kier molecular flexibility index (Phi) is 3.34. The van der Waals surface area contributed by atoms with Crippen LogP contribution in [0.15, 0.2) is 40.9 Å². The summed E-state index contributed by atoms with van der Waals surface area (Å²) in [4.78, 5) is 12.2. The van der Waals surface area contributed by atoms with Gasteiger partial charge in [0, 0.05) is 22.5 Å². The minimum atomic E-state index is -0.420. The first-order valence-corrected chi connectivity index (χ1v) is 5.93. The number of nitrogens with two attached hydrogens (primary N) is 2. The lowest BCUT2D eigenvalue weighted by atomic mass is 10.0. The summed E-state index contributed by atoms with van der Waals surface area (Å²) in [7, 11) is 0. The number of halogens is 2. The maximum Gasteiger partial charge on any atom is 0.195 e. The van der Waals surface area contributed by atoms with Crippen LogP contribution in [0.1, 0.15) is 15.9 Å². The second kappa shape index (κ2) is 4.78. The highest BCUT2D eigenvalue weighted by Gasteiger charge is 2.13. The van der Waals surface area contributed by atoms with E-state index in [1.165, 1.54) is 24.3 Å². The van der Waals surface area contributed by atoms with Crippen LogP contribution < -0.4 is 11.5 Å². The molecule has 2 rings (SSSR count). The fourth-order valence-electron chi connectivity index (χ4n) is 1.58. The summed E-state index contributed by atoms with van der Waals surface area (Å²) < 4.78 is 13.3. The Bertz CT molecular complexity index is 628. The molecule has 0 atom stereocenters. The zero-order valence-electron chi connectivity index (χ0n) is 9.28. The van der Waals surface area contributed by atoms with E-state index in [1.54, 1.807) is 12.1 Å². The molecule has 2 aromatic carbocycles. The van der Waals surface area contributed by atoms with E-state index in [2.05, 4.69) is 15.9 Å². The second-order valence-corrected chi connectivity index (χ2v) is 4.66. The van der Waals surface area contributed by atoms with Crippen LogP contribution in [0.5, 0.6) is 0 Å². The molecule has 0 spiro atoms. The molecule has 4 N–H and O–H groups in total. The van der Waals surface area contributed by atoms with Crippen LogP contribution in [0, 0.1) is 5.82 Å². The monoisotopic (exact) mass is 308 g/mol. The standard InChI is InChI=1S/C13H10BrFN2O/c14-10-5-7(1-4-11(10)15)13(18)9-3-2-8(16)6-12(9)17/h1-6H,16-17H2. The third kappa shape index (κ3) is 2.36. The Morgan fingerprint density at radius 1 is 1.11 bits per heavy atom. The molecule has 0 unspecified atom stereocenters. The van der Waals surface area contributed by atoms with Gasteiger partial charge in [0.25, 0.3) is 0 Å². The van der Waals surface area contributed by atoms with Crippen molar-refractivity contribution >= 4 is 33.1 Å². The molecule has 18 heavy (non-hydrogen) atoms. The van der Waals surface area contributed by atoms with E-state index in [0.29, 0.717) is 22.5 Å². The van der Waals surface area contributed by atoms with Crippen molar-refractivity contribution < 1.29 is 9.18 Å². The average Bonchev–Trinajstić information content (AvgIpc) is 2.32. The second-order valence-electron chi connectivity index (χ2n) is 3.80. The van der Waals surface area contributed by atoms with Crippen LogP contribution in [-0.2, 0) is 0 Å². The maximum absolute atomic E-state index is 13.1. The van der Waals surface area contributed by atoms with Gasteiger partial charge < -0.3 is 11.5 Å². The molecule has 92 valence electrons. The quantitative estimate of drug-likeness (QED) is 0.662. The first kappa shape index (κ1) is 12.6. The van der Waals surface area contributed by atoms with Crippen LogP contribution in [-0.4, -0.2) is 5.78 Å². The zero-order valence-corrected chi connectivity index (χ0v) is 10.9. The van der Waals surface area contributed by atoms with Crippen molar-refractivity contribution in [3.63, 3.8) is 0 Å². The van der Waals surface area contributed by atoms with E-state index in [4.69, 9.17) is 11.5 Å². The highest BCUT2D eigenvalue weighted by atomic mass is 79.9. The number of anilines is 2. The summed E-state index contributed by atoms with van der Waals surface area (Å²) in [6, 6.07) is 8.74. The normalized spacial score (nSPS) is 10.3. The largest absolute Gasteiger partial charge is 0.399 e. The molecule has 0 saturated heterocycles. The summed E-state index contributed by atoms with van der Waals surface area (Å²) in [6.45, 7) is 0. The highest BCUT2D eigenvalue weighted by Crippen LogP contribution is 2.22. The molecule has 0 amide bonds. The molecule has 0 aliphatic carbocycles. The topological polar surface area (TPSA) is 69.1 Å². The van der Waals surface area contributed by atoms with Crippen molar-refractivity contribution in [3.8, 4) is 0 Å². The predicted molar refractivity (Wildman–Crippen MR) is 72.8 cm³/mol. The van der Waals surface area contributed by atoms with E-state index in [-0.39, 0.29) is 10.3 Å². The van der Waals surface area contributed by atoms with Gasteiger partial charge in [-0.25, -0.2) is 4.39 Å². The molecule has 0 aromatic heterocycles. The molecule has 0 fully saturated rings. The van der Waals surface area contributed by atoms with Gasteiger partial charge in [0.2, 0.25) is 0 Å². The fraction of sp³-hybridized carbons (Fsp3) is 0. The van der Waals surface area contributed by atoms with E-state index in [1.807, 2.05) is 0 Å². The maximum atomic E-state index is 13.1. The number of ketones is 1. The Labute approximate surface area is 112 Å². The van der Waals surface area contributed by atoms with Gasteiger partial charge in [-0.05, 0) is 52.3 Å². The fourth-order valence-corrected chi connectivity index (χ4v) is 1.96. The summed E-state index contributed by atoms with van der Waals surface area (Å²) in [5.74, 6) is -0.690. The Morgan fingerprint density at radius 2 is 1.83 bits per heavy atom. The Morgan fingerprint density at radius 3 is 2.44 bits per heavy atom. The van der Waals surface area contributed by atoms with Gasteiger partial charge in [0.15, 0.2) is 5.78 Å². The summed E-state index contributed by atoms with van der Waals surface area (Å²) in [5, 5.41) is 0. The van der Waals surface area contributed by atoms with Crippen molar-refractivity contribution in [2.24, 2.45) is 0 Å². The number of carbonyl (C=O) groups excluding carboxylic acids is 1. The van der Waals surface area contributed by atoms with E-state index < -0.39 is 5.82 Å². The lowest BCUT2D eigenvalue weighted by Crippen LogP contribution is -2.06. The van der Waals surface area contributed by atoms with Gasteiger partial charge in [-0.1, -0.05) is 0 Å². The molecule has 3 nitrogen and oxygen atoms in total. The third-order valence-electron chi connectivity index (χ3n) is 2.50. The average molecular weight is 309 g/mol. The smallest absolute Gasteiger partial charge is 0.195 e. The van der Waals surface area contributed by atoms with Crippen LogP contribution >= 0.6 is 15.9 Å². The molecule has 5 heteroatoms. The van der Waals surface area contributed by atoms with Gasteiger partial charge in [-0.3, -0.25) is 4.79 Å². The van der Waals surface area contributed by atoms with Crippen LogP contribution in [0.25, 0.3) is 0 Å². The highest BCUT2D eigenvalue weighted by molar-refractivity contribution is 9.10. The first-order valence-electron chi connectivity index (χ1n) is 5.14. The molecule has 0 aliphatic rings. The zero-order chi connectivity index (χ0) is 13.3. The third-order valence-corrected chi connectivity index (χ3v) is 3.11. The Balaban J connectivity index is 2.44. The molecule has 0 radical (unpaired) electrons. The van der Waals surface area contributed by atoms with Gasteiger partial charge in [-0.2, -0.15) is 0 Å². The number of hydrogen-bond acceptors (Lipinski definition) is 3. The minimum Gasteiger partial charge on any atom is -0.399 e. The van der Waals surface area contributed by atoms with Crippen LogP contribution in [0.4, 0.5) is 15.8 Å².